The van der Waals surface area contributed by atoms with Gasteiger partial charge in [0, 0.05) is 17.0 Å². The minimum absolute atomic E-state index is 0.0358. The predicted octanol–water partition coefficient (Wildman–Crippen LogP) is 9.00. The Labute approximate surface area is 347 Å². The molecule has 0 saturated heterocycles. The summed E-state index contributed by atoms with van der Waals surface area (Å²) in [7, 11) is 0. The Morgan fingerprint density at radius 3 is 0.969 bits per heavy atom. The fourth-order valence-electron chi connectivity index (χ4n) is 7.17. The van der Waals surface area contributed by atoms with Crippen LogP contribution in [0.25, 0.3) is 10.9 Å². The molecule has 0 aliphatic carbocycles. The molecule has 0 aliphatic heterocycles. The molecule has 0 amide bonds. The first-order valence-corrected chi connectivity index (χ1v) is 17.3. The van der Waals surface area contributed by atoms with Crippen molar-refractivity contribution in [1.82, 2.24) is 0 Å². The Bertz CT molecular complexity index is 2720. The van der Waals surface area contributed by atoms with Crippen LogP contribution in [0.2, 0.25) is 0 Å². The fraction of sp³-hybridized carbons (Fsp3) is 0.0244. The molecule has 1 aromatic heterocycles. The van der Waals surface area contributed by atoms with Crippen LogP contribution in [0.15, 0.2) is 66.9 Å². The van der Waals surface area contributed by atoms with Gasteiger partial charge in [0.15, 0.2) is 81.8 Å². The highest BCUT2D eigenvalue weighted by atomic mass is 19.2. The number of Topliss-reactive ketones (excluding diaryl/α,β-unsaturated/α-hetero) is 1. The number of carbonyl (C=O) groups is 1. The second kappa shape index (κ2) is 17.5. The normalized spacial score (nSPS) is 11.6. The van der Waals surface area contributed by atoms with Crippen molar-refractivity contribution in [3.8, 4) is 0 Å². The molecule has 7 rings (SSSR count). The lowest BCUT2D eigenvalue weighted by Crippen LogP contribution is -2.81. The third-order valence-electron chi connectivity index (χ3n) is 9.96. The minimum Gasteiger partial charge on any atom is -0.287 e. The second-order valence-electron chi connectivity index (χ2n) is 13.4. The van der Waals surface area contributed by atoms with E-state index in [0.29, 0.717) is 11.1 Å². The maximum atomic E-state index is 15.4. The zero-order valence-electron chi connectivity index (χ0n) is 30.9. The molecular weight excluding hydrogens is 932 g/mol. The van der Waals surface area contributed by atoms with Crippen LogP contribution >= 0.6 is 0 Å². The zero-order valence-corrected chi connectivity index (χ0v) is 30.9. The van der Waals surface area contributed by atoms with Gasteiger partial charge in [-0.3, -0.25) is 4.79 Å². The van der Waals surface area contributed by atoms with Crippen LogP contribution in [0, 0.1) is 122 Å². The van der Waals surface area contributed by atoms with Crippen LogP contribution in [0.5, 0.6) is 0 Å². The van der Waals surface area contributed by atoms with Crippen molar-refractivity contribution in [2.75, 3.05) is 0 Å². The highest BCUT2D eigenvalue weighted by Gasteiger charge is 2.52. The summed E-state index contributed by atoms with van der Waals surface area (Å²) in [5.74, 6) is -71.8. The van der Waals surface area contributed by atoms with Gasteiger partial charge in [-0.2, -0.15) is 8.96 Å². The Morgan fingerprint density at radius 1 is 0.354 bits per heavy atom. The molecule has 24 heteroatoms. The van der Waals surface area contributed by atoms with Crippen LogP contribution < -0.4 is 26.4 Å². The van der Waals surface area contributed by atoms with Crippen molar-refractivity contribution in [3.63, 3.8) is 0 Å². The Kier molecular flexibility index (Phi) is 12.8. The first kappa shape index (κ1) is 47.5. The lowest BCUT2D eigenvalue weighted by atomic mass is 9.12. The molecule has 338 valence electrons. The molecule has 0 saturated carbocycles. The lowest BCUT2D eigenvalue weighted by Gasteiger charge is -2.44. The Hall–Kier alpha value is -7.01. The molecule has 0 atom stereocenters. The number of hydrogen-bond donors (Lipinski definition) is 0. The summed E-state index contributed by atoms with van der Waals surface area (Å²) >= 11 is 0. The molecule has 0 radical (unpaired) electrons. The van der Waals surface area contributed by atoms with Crippen molar-refractivity contribution in [3.05, 3.63) is 195 Å². The maximum absolute atomic E-state index is 15.4. The van der Waals surface area contributed by atoms with Crippen molar-refractivity contribution < 1.29 is 102 Å². The van der Waals surface area contributed by atoms with Gasteiger partial charge in [0.25, 0.3) is 0 Å². The lowest BCUT2D eigenvalue weighted by molar-refractivity contribution is -0.658. The van der Waals surface area contributed by atoms with Gasteiger partial charge in [0.2, 0.25) is 17.8 Å². The van der Waals surface area contributed by atoms with Crippen molar-refractivity contribution in [1.29, 1.82) is 0 Å². The van der Waals surface area contributed by atoms with E-state index in [1.165, 1.54) is 6.07 Å². The van der Waals surface area contributed by atoms with E-state index >= 15 is 35.1 Å². The number of rotatable bonds is 7. The molecule has 1 heterocycles. The topological polar surface area (TPSA) is 20.9 Å². The number of benzene rings is 6. The van der Waals surface area contributed by atoms with E-state index in [9.17, 15) is 61.9 Å². The van der Waals surface area contributed by atoms with Crippen LogP contribution in [0.4, 0.5) is 92.2 Å². The van der Waals surface area contributed by atoms with Gasteiger partial charge < -0.3 is 0 Å². The molecule has 0 aliphatic rings. The van der Waals surface area contributed by atoms with Gasteiger partial charge in [-0.1, -0.05) is 36.4 Å². The number of hydrogen-bond acceptors (Lipinski definition) is 1. The average Bonchev–Trinajstić information content (AvgIpc) is 3.29. The van der Waals surface area contributed by atoms with E-state index in [2.05, 4.69) is 0 Å². The van der Waals surface area contributed by atoms with E-state index in [-0.39, 0.29) is 18.1 Å². The minimum atomic E-state index is -7.22. The predicted molar refractivity (Wildman–Crippen MR) is 184 cm³/mol. The van der Waals surface area contributed by atoms with E-state index in [1.54, 1.807) is 29.0 Å². The highest BCUT2D eigenvalue weighted by molar-refractivity contribution is 7.20. The molecular formula is C41H13BF21NO. The molecule has 0 bridgehead atoms. The van der Waals surface area contributed by atoms with Crippen LogP contribution in [-0.4, -0.2) is 11.9 Å². The standard InChI is InChI=1S/C24BF20.C17H13FNO/c26-5-1(6(27)14(35)21(42)13(5)34)25(2-7(28)15(36)22(43)16(37)8(2)29,3-9(30)17(38)23(44)18(39)10(3)31)4-11(32)19(40)24(45)20(41)12(4)33;18-15-10-4-8-14-9-5-11-19(17(14)15)12-16(20)13-6-2-1-3-7-13/h;1-11H,12H2/q-1;+1. The number of fused-ring (bicyclic) bond motifs is 1. The van der Waals surface area contributed by atoms with E-state index in [0.717, 1.165) is 5.39 Å². The SMILES string of the molecule is Fc1c(F)c(F)c([B-](c2c(F)c(F)c(F)c(F)c2F)(c2c(F)c(F)c(F)c(F)c2F)c2c(F)c(F)c(F)c(F)c2F)c(F)c1F.O=C(C[n+]1cccc2cccc(F)c21)c1ccccc1. The largest absolute Gasteiger partial charge is 0.287 e. The Balaban J connectivity index is 0.000000289. The molecule has 2 nitrogen and oxygen atoms in total. The molecule has 7 aromatic rings. The van der Waals surface area contributed by atoms with Gasteiger partial charge in [-0.05, 0) is 18.2 Å². The van der Waals surface area contributed by atoms with E-state index < -0.39 is 144 Å². The highest BCUT2D eigenvalue weighted by Crippen LogP contribution is 2.31. The third-order valence-corrected chi connectivity index (χ3v) is 9.96. The number of halogens is 21. The molecule has 0 fully saturated rings. The molecule has 0 unspecified atom stereocenters. The summed E-state index contributed by atoms with van der Waals surface area (Å²) in [5.41, 5.74) is -13.2. The quantitative estimate of drug-likeness (QED) is 0.0391. The average molecular weight is 945 g/mol. The van der Waals surface area contributed by atoms with Crippen LogP contribution in [0.1, 0.15) is 10.4 Å². The number of carbonyl (C=O) groups excluding carboxylic acids is 1. The zero-order chi connectivity index (χ0) is 48.3. The van der Waals surface area contributed by atoms with Gasteiger partial charge in [-0.15, -0.1) is 21.9 Å². The van der Waals surface area contributed by atoms with Crippen molar-refractivity contribution in [2.24, 2.45) is 0 Å². The van der Waals surface area contributed by atoms with Crippen molar-refractivity contribution in [2.45, 2.75) is 6.54 Å². The van der Waals surface area contributed by atoms with Crippen LogP contribution in [0.3, 0.4) is 0 Å². The first-order valence-electron chi connectivity index (χ1n) is 17.3. The number of ketones is 1. The summed E-state index contributed by atoms with van der Waals surface area (Å²) in [6, 6.07) is 17.6. The fourth-order valence-corrected chi connectivity index (χ4v) is 7.17. The van der Waals surface area contributed by atoms with Gasteiger partial charge in [-0.25, -0.2) is 87.8 Å². The van der Waals surface area contributed by atoms with E-state index in [1.807, 2.05) is 36.4 Å². The van der Waals surface area contributed by atoms with Crippen molar-refractivity contribution >= 4 is 44.7 Å². The smallest absolute Gasteiger partial charge is 0.248 e. The van der Waals surface area contributed by atoms with Crippen LogP contribution in [-0.2, 0) is 6.54 Å². The monoisotopic (exact) mass is 945 g/mol. The van der Waals surface area contributed by atoms with Gasteiger partial charge >= 0.3 is 0 Å². The molecule has 6 aromatic carbocycles. The summed E-state index contributed by atoms with van der Waals surface area (Å²) in [5, 5.41) is 0.786. The third kappa shape index (κ3) is 7.36. The first-order chi connectivity index (χ1) is 30.5. The number of nitrogens with zero attached hydrogens (tertiary/aromatic N) is 1. The molecule has 0 N–H and O–H groups in total. The number of para-hydroxylation sites is 1. The number of pyridine rings is 1. The summed E-state index contributed by atoms with van der Waals surface area (Å²) < 4.78 is 310. The summed E-state index contributed by atoms with van der Waals surface area (Å²) in [6.07, 6.45) is -5.49. The number of aromatic nitrogens is 1. The Morgan fingerprint density at radius 2 is 0.646 bits per heavy atom. The summed E-state index contributed by atoms with van der Waals surface area (Å²) in [4.78, 5) is 12.2. The van der Waals surface area contributed by atoms with Gasteiger partial charge in [0.05, 0.1) is 0 Å². The maximum Gasteiger partial charge on any atom is 0.248 e. The van der Waals surface area contributed by atoms with Gasteiger partial charge in [0.1, 0.15) is 52.7 Å². The summed E-state index contributed by atoms with van der Waals surface area (Å²) in [6.45, 7) is 0.127. The molecule has 0 spiro atoms. The molecule has 65 heavy (non-hydrogen) atoms. The second-order valence-corrected chi connectivity index (χ2v) is 13.4. The van der Waals surface area contributed by atoms with E-state index in [4.69, 9.17) is 0 Å².